The highest BCUT2D eigenvalue weighted by molar-refractivity contribution is 7.18. The van der Waals surface area contributed by atoms with Crippen molar-refractivity contribution >= 4 is 43.9 Å². The summed E-state index contributed by atoms with van der Waals surface area (Å²) < 4.78 is 6.13. The number of methoxy groups -OCH3 is 1. The normalized spacial score (nSPS) is 12.5. The Balaban J connectivity index is 1.91. The average molecular weight is 394 g/mol. The number of carbonyl (C=O) groups excluding carboxylic acids is 1. The molecule has 0 aliphatic heterocycles. The SMILES string of the molecule is CCC(C(=O)Nc1nnc(COC)s1)n1nnc2sc(C)c(C)c2c1=O. The molecule has 0 radical (unpaired) electrons. The van der Waals surface area contributed by atoms with Crippen LogP contribution in [-0.4, -0.2) is 38.2 Å². The van der Waals surface area contributed by atoms with E-state index in [9.17, 15) is 9.59 Å². The Morgan fingerprint density at radius 3 is 2.73 bits per heavy atom. The van der Waals surface area contributed by atoms with Gasteiger partial charge >= 0.3 is 0 Å². The van der Waals surface area contributed by atoms with Gasteiger partial charge in [0.25, 0.3) is 11.5 Å². The summed E-state index contributed by atoms with van der Waals surface area (Å²) in [5, 5.41) is 20.1. The monoisotopic (exact) mass is 394 g/mol. The lowest BCUT2D eigenvalue weighted by atomic mass is 10.2. The quantitative estimate of drug-likeness (QED) is 0.681. The summed E-state index contributed by atoms with van der Waals surface area (Å²) in [6.07, 6.45) is 0.387. The van der Waals surface area contributed by atoms with Gasteiger partial charge in [0.05, 0.1) is 5.39 Å². The third-order valence-corrected chi connectivity index (χ3v) is 5.87. The number of hydrogen-bond donors (Lipinski definition) is 1. The topological polar surface area (TPSA) is 112 Å². The first kappa shape index (κ1) is 18.5. The fourth-order valence-corrected chi connectivity index (χ4v) is 4.20. The molecule has 3 aromatic rings. The van der Waals surface area contributed by atoms with Gasteiger partial charge in [-0.15, -0.1) is 26.6 Å². The third-order valence-electron chi connectivity index (χ3n) is 3.97. The molecule has 1 unspecified atom stereocenters. The van der Waals surface area contributed by atoms with Crippen molar-refractivity contribution in [3.63, 3.8) is 0 Å². The van der Waals surface area contributed by atoms with Gasteiger partial charge in [0.1, 0.15) is 17.7 Å². The standard InChI is InChI=1S/C15H18N6O3S2/c1-5-9(12(22)16-15-19-17-10(26-15)6-24-4)21-14(23)11-7(2)8(3)25-13(11)18-20-21/h9H,5-6H2,1-4H3,(H,16,19,22). The molecule has 138 valence electrons. The van der Waals surface area contributed by atoms with Crippen molar-refractivity contribution in [2.45, 2.75) is 39.8 Å². The molecule has 9 nitrogen and oxygen atoms in total. The summed E-state index contributed by atoms with van der Waals surface area (Å²) in [5.41, 5.74) is 0.568. The molecule has 1 amide bonds. The summed E-state index contributed by atoms with van der Waals surface area (Å²) in [6.45, 7) is 5.94. The molecule has 0 saturated heterocycles. The number of fused-ring (bicyclic) bond motifs is 1. The summed E-state index contributed by atoms with van der Waals surface area (Å²) >= 11 is 2.64. The molecule has 1 atom stereocenters. The van der Waals surface area contributed by atoms with Crippen molar-refractivity contribution in [3.8, 4) is 0 Å². The van der Waals surface area contributed by atoms with Crippen molar-refractivity contribution in [1.82, 2.24) is 25.2 Å². The number of ether oxygens (including phenoxy) is 1. The minimum absolute atomic E-state index is 0.309. The molecule has 0 saturated carbocycles. The highest BCUT2D eigenvalue weighted by Crippen LogP contribution is 2.26. The van der Waals surface area contributed by atoms with Gasteiger partial charge in [-0.1, -0.05) is 23.5 Å². The minimum Gasteiger partial charge on any atom is -0.377 e. The van der Waals surface area contributed by atoms with E-state index in [2.05, 4.69) is 25.8 Å². The van der Waals surface area contributed by atoms with Crippen molar-refractivity contribution < 1.29 is 9.53 Å². The summed E-state index contributed by atoms with van der Waals surface area (Å²) in [4.78, 5) is 27.1. The molecule has 0 bridgehead atoms. The highest BCUT2D eigenvalue weighted by atomic mass is 32.1. The van der Waals surface area contributed by atoms with E-state index in [1.807, 2.05) is 20.8 Å². The van der Waals surface area contributed by atoms with Gasteiger partial charge < -0.3 is 4.74 Å². The Labute approximate surface area is 157 Å². The van der Waals surface area contributed by atoms with E-state index in [0.717, 1.165) is 15.1 Å². The lowest BCUT2D eigenvalue weighted by molar-refractivity contribution is -0.119. The molecule has 3 rings (SSSR count). The van der Waals surface area contributed by atoms with Crippen LogP contribution < -0.4 is 10.9 Å². The summed E-state index contributed by atoms with van der Waals surface area (Å²) in [7, 11) is 1.56. The fraction of sp³-hybridized carbons (Fsp3) is 0.467. The second-order valence-electron chi connectivity index (χ2n) is 5.65. The third kappa shape index (κ3) is 3.37. The van der Waals surface area contributed by atoms with E-state index in [0.29, 0.717) is 33.4 Å². The largest absolute Gasteiger partial charge is 0.377 e. The second-order valence-corrected chi connectivity index (χ2v) is 7.92. The van der Waals surface area contributed by atoms with Crippen molar-refractivity contribution in [2.75, 3.05) is 12.4 Å². The lowest BCUT2D eigenvalue weighted by Crippen LogP contribution is -2.35. The molecule has 0 spiro atoms. The van der Waals surface area contributed by atoms with Crippen LogP contribution >= 0.6 is 22.7 Å². The number of rotatable bonds is 6. The van der Waals surface area contributed by atoms with E-state index < -0.39 is 6.04 Å². The van der Waals surface area contributed by atoms with Crippen LogP contribution in [0.4, 0.5) is 5.13 Å². The number of aromatic nitrogens is 5. The molecule has 26 heavy (non-hydrogen) atoms. The van der Waals surface area contributed by atoms with Gasteiger partial charge in [-0.25, -0.2) is 0 Å². The Hall–Kier alpha value is -2.24. The maximum Gasteiger partial charge on any atom is 0.279 e. The van der Waals surface area contributed by atoms with Crippen LogP contribution in [0.3, 0.4) is 0 Å². The molecule has 0 fully saturated rings. The number of thiophene rings is 1. The molecule has 11 heteroatoms. The molecule has 0 aromatic carbocycles. The first-order valence-corrected chi connectivity index (χ1v) is 9.56. The van der Waals surface area contributed by atoms with Crippen LogP contribution in [0.2, 0.25) is 0 Å². The molecule has 0 aliphatic rings. The van der Waals surface area contributed by atoms with Gasteiger partial charge in [0.2, 0.25) is 5.13 Å². The van der Waals surface area contributed by atoms with Gasteiger partial charge in [0, 0.05) is 12.0 Å². The predicted molar refractivity (Wildman–Crippen MR) is 99.7 cm³/mol. The van der Waals surface area contributed by atoms with Gasteiger partial charge in [-0.05, 0) is 25.8 Å². The van der Waals surface area contributed by atoms with Crippen LogP contribution in [0.15, 0.2) is 4.79 Å². The Morgan fingerprint density at radius 2 is 2.04 bits per heavy atom. The first-order chi connectivity index (χ1) is 12.5. The molecule has 0 aliphatic carbocycles. The fourth-order valence-electron chi connectivity index (χ4n) is 2.52. The highest BCUT2D eigenvalue weighted by Gasteiger charge is 2.25. The van der Waals surface area contributed by atoms with Gasteiger partial charge in [-0.2, -0.15) is 4.68 Å². The van der Waals surface area contributed by atoms with Crippen LogP contribution in [-0.2, 0) is 16.1 Å². The average Bonchev–Trinajstić information content (AvgIpc) is 3.15. The smallest absolute Gasteiger partial charge is 0.279 e. The van der Waals surface area contributed by atoms with Crippen molar-refractivity contribution in [3.05, 3.63) is 25.8 Å². The number of amides is 1. The van der Waals surface area contributed by atoms with E-state index in [1.165, 1.54) is 22.7 Å². The Morgan fingerprint density at radius 1 is 1.27 bits per heavy atom. The lowest BCUT2D eigenvalue weighted by Gasteiger charge is -2.14. The number of nitrogens with zero attached hydrogens (tertiary/aromatic N) is 5. The zero-order chi connectivity index (χ0) is 18.8. The van der Waals surface area contributed by atoms with E-state index in [4.69, 9.17) is 4.74 Å². The van der Waals surface area contributed by atoms with Gasteiger partial charge in [-0.3, -0.25) is 14.9 Å². The van der Waals surface area contributed by atoms with E-state index in [1.54, 1.807) is 7.11 Å². The molecular formula is C15H18N6O3S2. The Bertz CT molecular complexity index is 1010. The van der Waals surface area contributed by atoms with Gasteiger partial charge in [0.15, 0.2) is 4.83 Å². The minimum atomic E-state index is -0.784. The summed E-state index contributed by atoms with van der Waals surface area (Å²) in [6, 6.07) is -0.784. The Kier molecular flexibility index (Phi) is 5.39. The van der Waals surface area contributed by atoms with Crippen LogP contribution in [0, 0.1) is 13.8 Å². The van der Waals surface area contributed by atoms with Crippen LogP contribution in [0.1, 0.15) is 34.8 Å². The number of carbonyl (C=O) groups is 1. The number of anilines is 1. The maximum absolute atomic E-state index is 12.9. The molecule has 1 N–H and O–H groups in total. The van der Waals surface area contributed by atoms with Crippen molar-refractivity contribution in [1.29, 1.82) is 0 Å². The maximum atomic E-state index is 12.9. The molecule has 3 aromatic heterocycles. The van der Waals surface area contributed by atoms with Crippen LogP contribution in [0.5, 0.6) is 0 Å². The second kappa shape index (κ2) is 7.56. The number of nitrogens with one attached hydrogen (secondary N) is 1. The van der Waals surface area contributed by atoms with E-state index in [-0.39, 0.29) is 11.5 Å². The van der Waals surface area contributed by atoms with E-state index >= 15 is 0 Å². The number of aryl methyl sites for hydroxylation is 2. The zero-order valence-corrected chi connectivity index (χ0v) is 16.4. The van der Waals surface area contributed by atoms with Crippen molar-refractivity contribution in [2.24, 2.45) is 0 Å². The molecule has 3 heterocycles. The van der Waals surface area contributed by atoms with Crippen LogP contribution in [0.25, 0.3) is 10.2 Å². The first-order valence-electron chi connectivity index (χ1n) is 7.93. The summed E-state index contributed by atoms with van der Waals surface area (Å²) in [5.74, 6) is -0.382. The zero-order valence-electron chi connectivity index (χ0n) is 14.8. The molecular weight excluding hydrogens is 376 g/mol. The number of hydrogen-bond acceptors (Lipinski definition) is 9. The predicted octanol–water partition coefficient (Wildman–Crippen LogP) is 2.06.